The third kappa shape index (κ3) is 6.75. The maximum absolute atomic E-state index is 12.2. The van der Waals surface area contributed by atoms with Gasteiger partial charge in [-0.05, 0) is 23.3 Å². The molecule has 0 aliphatic heterocycles. The van der Waals surface area contributed by atoms with Gasteiger partial charge in [0.05, 0.1) is 6.33 Å². The number of aromatic amines is 1. The molecule has 1 aromatic heterocycles. The van der Waals surface area contributed by atoms with Crippen LogP contribution in [0.3, 0.4) is 0 Å². The van der Waals surface area contributed by atoms with E-state index in [4.69, 9.17) is 0 Å². The van der Waals surface area contributed by atoms with Crippen molar-refractivity contribution in [1.29, 1.82) is 0 Å². The minimum atomic E-state index is -0.622. The molecule has 0 unspecified atom stereocenters. The zero-order valence-corrected chi connectivity index (χ0v) is 16.5. The Kier molecular flexibility index (Phi) is 7.78. The van der Waals surface area contributed by atoms with Crippen molar-refractivity contribution in [2.45, 2.75) is 0 Å². The number of nitrogens with one attached hydrogen (secondary N) is 3. The summed E-state index contributed by atoms with van der Waals surface area (Å²) in [7, 11) is 0. The first-order chi connectivity index (χ1) is 15.2. The van der Waals surface area contributed by atoms with E-state index in [2.05, 4.69) is 31.0 Å². The molecule has 0 spiro atoms. The highest BCUT2D eigenvalue weighted by Gasteiger charge is 2.19. The summed E-state index contributed by atoms with van der Waals surface area (Å²) in [5.74, 6) is -1.22. The summed E-state index contributed by atoms with van der Waals surface area (Å²) in [5, 5.41) is 7.65. The minimum Gasteiger partial charge on any atom is -0.340 e. The van der Waals surface area contributed by atoms with E-state index in [-0.39, 0.29) is 11.4 Å². The molecule has 8 heteroatoms. The molecule has 154 valence electrons. The van der Waals surface area contributed by atoms with Crippen LogP contribution >= 0.6 is 0 Å². The van der Waals surface area contributed by atoms with Gasteiger partial charge in [0.15, 0.2) is 5.69 Å². The molecule has 2 amide bonds. The molecule has 0 fully saturated rings. The SMILES string of the molecule is O=C(NN=CC=Cc1ccccc1)c1nc[nH]c1C(=O)NN=CC=Cc1ccccc1. The van der Waals surface area contributed by atoms with Gasteiger partial charge in [0, 0.05) is 12.4 Å². The van der Waals surface area contributed by atoms with Gasteiger partial charge in [-0.2, -0.15) is 10.2 Å². The van der Waals surface area contributed by atoms with Crippen molar-refractivity contribution < 1.29 is 9.59 Å². The van der Waals surface area contributed by atoms with Crippen molar-refractivity contribution in [2.24, 2.45) is 10.2 Å². The minimum absolute atomic E-state index is 0.0169. The lowest BCUT2D eigenvalue weighted by molar-refractivity contribution is 0.0915. The first-order valence-electron chi connectivity index (χ1n) is 9.37. The predicted octanol–water partition coefficient (Wildman–Crippen LogP) is 3.27. The lowest BCUT2D eigenvalue weighted by atomic mass is 10.2. The predicted molar refractivity (Wildman–Crippen MR) is 121 cm³/mol. The van der Waals surface area contributed by atoms with Crippen LogP contribution in [0.5, 0.6) is 0 Å². The first-order valence-corrected chi connectivity index (χ1v) is 9.37. The summed E-state index contributed by atoms with van der Waals surface area (Å²) in [6.07, 6.45) is 11.2. The van der Waals surface area contributed by atoms with E-state index in [1.54, 1.807) is 12.2 Å². The van der Waals surface area contributed by atoms with E-state index in [0.29, 0.717) is 0 Å². The molecular formula is C23H20N6O2. The molecule has 3 rings (SSSR count). The van der Waals surface area contributed by atoms with E-state index < -0.39 is 11.8 Å². The average Bonchev–Trinajstić information content (AvgIpc) is 3.30. The Bertz CT molecular complexity index is 1030. The highest BCUT2D eigenvalue weighted by atomic mass is 16.2. The summed E-state index contributed by atoms with van der Waals surface area (Å²) in [6.45, 7) is 0. The van der Waals surface area contributed by atoms with Gasteiger partial charge in [-0.3, -0.25) is 9.59 Å². The number of nitrogens with zero attached hydrogens (tertiary/aromatic N) is 3. The van der Waals surface area contributed by atoms with Gasteiger partial charge in [-0.15, -0.1) is 0 Å². The van der Waals surface area contributed by atoms with Crippen molar-refractivity contribution >= 4 is 36.4 Å². The summed E-state index contributed by atoms with van der Waals surface area (Å²) in [5.41, 5.74) is 6.58. The number of imidazole rings is 1. The molecule has 0 aliphatic carbocycles. The quantitative estimate of drug-likeness (QED) is 0.390. The summed E-state index contributed by atoms with van der Waals surface area (Å²) < 4.78 is 0. The Labute approximate surface area is 179 Å². The van der Waals surface area contributed by atoms with E-state index in [9.17, 15) is 9.59 Å². The number of hydrazone groups is 2. The zero-order valence-electron chi connectivity index (χ0n) is 16.5. The summed E-state index contributed by atoms with van der Waals surface area (Å²) in [4.78, 5) is 31.0. The maximum atomic E-state index is 12.2. The fourth-order valence-corrected chi connectivity index (χ4v) is 2.46. The third-order valence-electron chi connectivity index (χ3n) is 3.91. The smallest absolute Gasteiger partial charge is 0.292 e. The average molecular weight is 412 g/mol. The highest BCUT2D eigenvalue weighted by molar-refractivity contribution is 6.05. The third-order valence-corrected chi connectivity index (χ3v) is 3.91. The number of H-pyrrole nitrogens is 1. The molecule has 0 saturated carbocycles. The lowest BCUT2D eigenvalue weighted by Crippen LogP contribution is -2.25. The van der Waals surface area contributed by atoms with E-state index in [0.717, 1.165) is 11.1 Å². The van der Waals surface area contributed by atoms with Crippen molar-refractivity contribution in [2.75, 3.05) is 0 Å². The number of amides is 2. The van der Waals surface area contributed by atoms with Crippen LogP contribution in [0.4, 0.5) is 0 Å². The summed E-state index contributed by atoms with van der Waals surface area (Å²) in [6, 6.07) is 19.3. The maximum Gasteiger partial charge on any atom is 0.292 e. The molecule has 0 saturated heterocycles. The molecule has 0 radical (unpaired) electrons. The van der Waals surface area contributed by atoms with Gasteiger partial charge in [-0.1, -0.05) is 72.8 Å². The van der Waals surface area contributed by atoms with Gasteiger partial charge < -0.3 is 4.98 Å². The van der Waals surface area contributed by atoms with Crippen LogP contribution in [0.1, 0.15) is 32.1 Å². The second-order valence-corrected chi connectivity index (χ2v) is 6.10. The van der Waals surface area contributed by atoms with E-state index in [1.165, 1.54) is 18.8 Å². The second kappa shape index (κ2) is 11.4. The number of hydrogen-bond acceptors (Lipinski definition) is 5. The Hall–Kier alpha value is -4.59. The van der Waals surface area contributed by atoms with Gasteiger partial charge in [0.25, 0.3) is 11.8 Å². The number of hydrogen-bond donors (Lipinski definition) is 3. The van der Waals surface area contributed by atoms with Crippen LogP contribution < -0.4 is 10.9 Å². The fraction of sp³-hybridized carbons (Fsp3) is 0. The van der Waals surface area contributed by atoms with Crippen molar-refractivity contribution in [3.05, 3.63) is 102 Å². The summed E-state index contributed by atoms with van der Waals surface area (Å²) >= 11 is 0. The van der Waals surface area contributed by atoms with Gasteiger partial charge >= 0.3 is 0 Å². The van der Waals surface area contributed by atoms with Crippen LogP contribution in [0.2, 0.25) is 0 Å². The molecule has 0 atom stereocenters. The Balaban J connectivity index is 1.50. The molecule has 31 heavy (non-hydrogen) atoms. The zero-order chi connectivity index (χ0) is 21.7. The monoisotopic (exact) mass is 412 g/mol. The molecule has 8 nitrogen and oxygen atoms in total. The van der Waals surface area contributed by atoms with Crippen LogP contribution in [0.15, 0.2) is 89.3 Å². The molecular weight excluding hydrogens is 392 g/mol. The van der Waals surface area contributed by atoms with E-state index >= 15 is 0 Å². The molecule has 3 aromatic rings. The Morgan fingerprint density at radius 1 is 0.774 bits per heavy atom. The highest BCUT2D eigenvalue weighted by Crippen LogP contribution is 2.03. The van der Waals surface area contributed by atoms with Gasteiger partial charge in [0.1, 0.15) is 5.69 Å². The molecule has 0 bridgehead atoms. The second-order valence-electron chi connectivity index (χ2n) is 6.10. The largest absolute Gasteiger partial charge is 0.340 e. The molecule has 3 N–H and O–H groups in total. The molecule has 0 aliphatic rings. The number of allylic oxidation sites excluding steroid dienone is 2. The van der Waals surface area contributed by atoms with Crippen LogP contribution in [0, 0.1) is 0 Å². The Morgan fingerprint density at radius 3 is 1.84 bits per heavy atom. The Morgan fingerprint density at radius 2 is 1.29 bits per heavy atom. The van der Waals surface area contributed by atoms with Crippen molar-refractivity contribution in [3.63, 3.8) is 0 Å². The normalized spacial score (nSPS) is 11.6. The fourth-order valence-electron chi connectivity index (χ4n) is 2.46. The van der Waals surface area contributed by atoms with Crippen LogP contribution in [0.25, 0.3) is 12.2 Å². The lowest BCUT2D eigenvalue weighted by Gasteiger charge is -2.00. The van der Waals surface area contributed by atoms with Gasteiger partial charge in [-0.25, -0.2) is 15.8 Å². The topological polar surface area (TPSA) is 112 Å². The number of rotatable bonds is 8. The number of carbonyl (C=O) groups excluding carboxylic acids is 2. The standard InChI is InChI=1S/C23H20N6O2/c30-22(28-26-15-7-13-18-9-3-1-4-10-18)20-21(25-17-24-20)23(31)29-27-16-8-14-19-11-5-2-6-12-19/h1-17H,(H,24,25)(H,28,30)(H,29,31). The van der Waals surface area contributed by atoms with E-state index in [1.807, 2.05) is 72.8 Å². The van der Waals surface area contributed by atoms with Gasteiger partial charge in [0.2, 0.25) is 0 Å². The molecule has 2 aromatic carbocycles. The number of carbonyl (C=O) groups is 2. The van der Waals surface area contributed by atoms with Crippen molar-refractivity contribution in [1.82, 2.24) is 20.8 Å². The first kappa shape index (κ1) is 21.1. The van der Waals surface area contributed by atoms with Crippen molar-refractivity contribution in [3.8, 4) is 0 Å². The number of aromatic nitrogens is 2. The number of benzene rings is 2. The van der Waals surface area contributed by atoms with Crippen LogP contribution in [-0.4, -0.2) is 34.2 Å². The molecule has 1 heterocycles. The van der Waals surface area contributed by atoms with Crippen LogP contribution in [-0.2, 0) is 0 Å².